The number of nitrogens with one attached hydrogen (secondary N) is 2. The van der Waals surface area contributed by atoms with Gasteiger partial charge in [-0.2, -0.15) is 0 Å². The summed E-state index contributed by atoms with van der Waals surface area (Å²) in [5, 5.41) is 7.58. The number of carbonyl (C=O) groups is 1. The molecule has 0 radical (unpaired) electrons. The molecule has 3 rings (SSSR count). The lowest BCUT2D eigenvalue weighted by atomic mass is 10.2. The van der Waals surface area contributed by atoms with Crippen molar-refractivity contribution in [1.82, 2.24) is 10.3 Å². The molecule has 0 saturated carbocycles. The molecule has 0 aliphatic heterocycles. The number of halogens is 2. The first-order valence-corrected chi connectivity index (χ1v) is 10.4. The van der Waals surface area contributed by atoms with Gasteiger partial charge >= 0.3 is 0 Å². The number of hydrogen-bond acceptors (Lipinski definition) is 4. The number of amides is 1. The van der Waals surface area contributed by atoms with Crippen LogP contribution in [0.15, 0.2) is 36.4 Å². The second-order valence-corrected chi connectivity index (χ2v) is 8.19. The maximum absolute atomic E-state index is 11.9. The minimum Gasteiger partial charge on any atom is -0.331 e. The monoisotopic (exact) mass is 437 g/mol. The average molecular weight is 438 g/mol. The molecule has 0 unspecified atom stereocenters. The molecule has 1 aromatic heterocycles. The molecule has 0 fully saturated rings. The Morgan fingerprint density at radius 1 is 1.26 bits per heavy atom. The molecule has 8 heteroatoms. The molecule has 2 N–H and O–H groups in total. The third-order valence-corrected chi connectivity index (χ3v) is 5.62. The number of para-hydroxylation sites is 1. The first kappa shape index (κ1) is 20.0. The van der Waals surface area contributed by atoms with Crippen molar-refractivity contribution < 1.29 is 4.79 Å². The Balaban J connectivity index is 1.91. The molecule has 0 aliphatic rings. The van der Waals surface area contributed by atoms with Gasteiger partial charge in [0.1, 0.15) is 5.01 Å². The Morgan fingerprint density at radius 3 is 2.78 bits per heavy atom. The van der Waals surface area contributed by atoms with Gasteiger partial charge in [-0.15, -0.1) is 11.3 Å². The lowest BCUT2D eigenvalue weighted by molar-refractivity contribution is -0.119. The molecule has 3 aromatic rings. The van der Waals surface area contributed by atoms with Crippen LogP contribution in [0, 0.1) is 0 Å². The summed E-state index contributed by atoms with van der Waals surface area (Å²) in [5.74, 6) is -0.124. The second-order valence-electron chi connectivity index (χ2n) is 5.90. The Morgan fingerprint density at radius 2 is 2.04 bits per heavy atom. The van der Waals surface area contributed by atoms with Gasteiger partial charge in [-0.3, -0.25) is 4.79 Å². The van der Waals surface area contributed by atoms with Gasteiger partial charge in [0.2, 0.25) is 5.91 Å². The van der Waals surface area contributed by atoms with Crippen molar-refractivity contribution in [3.63, 3.8) is 0 Å². The smallest absolute Gasteiger partial charge is 0.226 e. The third-order valence-electron chi connectivity index (χ3n) is 3.83. The van der Waals surface area contributed by atoms with Crippen molar-refractivity contribution in [2.24, 2.45) is 0 Å². The zero-order chi connectivity index (χ0) is 19.4. The number of thiazole rings is 1. The van der Waals surface area contributed by atoms with Gasteiger partial charge in [0.05, 0.1) is 20.9 Å². The van der Waals surface area contributed by atoms with Gasteiger partial charge in [0, 0.05) is 17.0 Å². The fraction of sp³-hybridized carbons (Fsp3) is 0.211. The molecule has 2 aromatic carbocycles. The second kappa shape index (κ2) is 8.97. The van der Waals surface area contributed by atoms with Crippen LogP contribution in [0.5, 0.6) is 0 Å². The maximum atomic E-state index is 11.9. The highest BCUT2D eigenvalue weighted by Crippen LogP contribution is 2.40. The van der Waals surface area contributed by atoms with E-state index >= 15 is 0 Å². The molecule has 0 aliphatic carbocycles. The van der Waals surface area contributed by atoms with E-state index in [9.17, 15) is 4.79 Å². The summed E-state index contributed by atoms with van der Waals surface area (Å²) < 4.78 is 1.06. The molecular formula is C19H17Cl2N3OS2. The van der Waals surface area contributed by atoms with Crippen LogP contribution in [0.1, 0.15) is 26.2 Å². The number of aromatic nitrogens is 1. The van der Waals surface area contributed by atoms with Gasteiger partial charge in [-0.05, 0) is 42.9 Å². The molecule has 0 spiro atoms. The van der Waals surface area contributed by atoms with E-state index in [1.165, 1.54) is 11.3 Å². The van der Waals surface area contributed by atoms with Crippen molar-refractivity contribution >= 4 is 73.7 Å². The predicted molar refractivity (Wildman–Crippen MR) is 119 cm³/mol. The van der Waals surface area contributed by atoms with Gasteiger partial charge in [-0.25, -0.2) is 4.98 Å². The zero-order valence-corrected chi connectivity index (χ0v) is 17.7. The Bertz CT molecular complexity index is 971. The number of anilines is 1. The molecule has 0 saturated heterocycles. The highest BCUT2D eigenvalue weighted by Gasteiger charge is 2.17. The molecule has 4 nitrogen and oxygen atoms in total. The van der Waals surface area contributed by atoms with Gasteiger partial charge < -0.3 is 10.6 Å². The van der Waals surface area contributed by atoms with Crippen LogP contribution >= 0.6 is 46.8 Å². The van der Waals surface area contributed by atoms with Crippen LogP contribution in [0.3, 0.4) is 0 Å². The fourth-order valence-electron chi connectivity index (χ4n) is 2.53. The summed E-state index contributed by atoms with van der Waals surface area (Å²) in [6.07, 6.45) is 2.18. The highest BCUT2D eigenvalue weighted by atomic mass is 35.5. The largest absolute Gasteiger partial charge is 0.331 e. The van der Waals surface area contributed by atoms with Crippen molar-refractivity contribution in [2.45, 2.75) is 26.2 Å². The molecule has 1 amide bonds. The van der Waals surface area contributed by atoms with Crippen LogP contribution in [0.4, 0.5) is 5.69 Å². The fourth-order valence-corrected chi connectivity index (χ4v) is 4.27. The van der Waals surface area contributed by atoms with Crippen molar-refractivity contribution in [3.8, 4) is 10.6 Å². The van der Waals surface area contributed by atoms with Crippen molar-refractivity contribution in [2.75, 3.05) is 5.32 Å². The van der Waals surface area contributed by atoms with E-state index in [-0.39, 0.29) is 11.0 Å². The summed E-state index contributed by atoms with van der Waals surface area (Å²) in [5.41, 5.74) is 2.20. The molecule has 27 heavy (non-hydrogen) atoms. The normalized spacial score (nSPS) is 10.8. The summed E-state index contributed by atoms with van der Waals surface area (Å²) in [7, 11) is 0. The molecule has 140 valence electrons. The summed E-state index contributed by atoms with van der Waals surface area (Å²) in [6.45, 7) is 2.03. The van der Waals surface area contributed by atoms with Crippen molar-refractivity contribution in [1.29, 1.82) is 0 Å². The Labute approximate surface area is 176 Å². The van der Waals surface area contributed by atoms with E-state index in [2.05, 4.69) is 15.6 Å². The number of unbranched alkanes of at least 4 members (excludes halogenated alkanes) is 1. The molecule has 0 atom stereocenters. The van der Waals surface area contributed by atoms with Crippen LogP contribution in [0.25, 0.3) is 20.8 Å². The summed E-state index contributed by atoms with van der Waals surface area (Å²) >= 11 is 19.4. The summed E-state index contributed by atoms with van der Waals surface area (Å²) in [4.78, 5) is 16.6. The highest BCUT2D eigenvalue weighted by molar-refractivity contribution is 7.80. The first-order valence-electron chi connectivity index (χ1n) is 8.43. The Hall–Kier alpha value is -1.73. The van der Waals surface area contributed by atoms with Crippen LogP contribution < -0.4 is 10.6 Å². The van der Waals surface area contributed by atoms with Gasteiger partial charge in [-0.1, -0.05) is 48.7 Å². The predicted octanol–water partition coefficient (Wildman–Crippen LogP) is 6.27. The summed E-state index contributed by atoms with van der Waals surface area (Å²) in [6, 6.07) is 11.3. The number of carbonyl (C=O) groups excluding carboxylic acids is 1. The quantitative estimate of drug-likeness (QED) is 0.461. The van der Waals surface area contributed by atoms with E-state index in [1.54, 1.807) is 12.1 Å². The molecule has 1 heterocycles. The number of nitrogens with zero attached hydrogens (tertiary/aromatic N) is 1. The first-order chi connectivity index (χ1) is 13.0. The minimum atomic E-state index is -0.124. The van der Waals surface area contributed by atoms with Crippen LogP contribution in [0.2, 0.25) is 10.0 Å². The topological polar surface area (TPSA) is 54.0 Å². The van der Waals surface area contributed by atoms with Crippen LogP contribution in [-0.2, 0) is 4.79 Å². The third kappa shape index (κ3) is 4.96. The number of fused-ring (bicyclic) bond motifs is 1. The molecular weight excluding hydrogens is 421 g/mol. The standard InChI is InChI=1S/C19H17Cl2N3OS2/c1-2-3-8-16(25)23-19(26)24-17-12(9-11(20)10-13(17)21)18-22-14-6-4-5-7-15(14)27-18/h4-7,9-10H,2-3,8H2,1H3,(H2,23,24,25,26). The van der Waals surface area contributed by atoms with E-state index in [0.29, 0.717) is 22.2 Å². The van der Waals surface area contributed by atoms with Gasteiger partial charge in [0.15, 0.2) is 5.11 Å². The number of hydrogen-bond donors (Lipinski definition) is 2. The minimum absolute atomic E-state index is 0.124. The lowest BCUT2D eigenvalue weighted by Crippen LogP contribution is -2.34. The molecule has 0 bridgehead atoms. The number of rotatable bonds is 5. The lowest BCUT2D eigenvalue weighted by Gasteiger charge is -2.14. The number of thiocarbonyl (C=S) groups is 1. The maximum Gasteiger partial charge on any atom is 0.226 e. The average Bonchev–Trinajstić information content (AvgIpc) is 3.06. The van der Waals surface area contributed by atoms with Gasteiger partial charge in [0.25, 0.3) is 0 Å². The zero-order valence-electron chi connectivity index (χ0n) is 14.5. The Kier molecular flexibility index (Phi) is 6.65. The van der Waals surface area contributed by atoms with E-state index < -0.39 is 0 Å². The number of benzene rings is 2. The van der Waals surface area contributed by atoms with E-state index in [1.807, 2.05) is 31.2 Å². The van der Waals surface area contributed by atoms with Crippen LogP contribution in [-0.4, -0.2) is 16.0 Å². The SMILES string of the molecule is CCCCC(=O)NC(=S)Nc1c(Cl)cc(Cl)cc1-c1nc2ccccc2s1. The van der Waals surface area contributed by atoms with E-state index in [0.717, 1.165) is 33.6 Å². The van der Waals surface area contributed by atoms with E-state index in [4.69, 9.17) is 35.4 Å². The van der Waals surface area contributed by atoms with Crippen molar-refractivity contribution in [3.05, 3.63) is 46.4 Å².